The largest absolute Gasteiger partial charge is 0.480 e. The molecule has 1 heterocycles. The van der Waals surface area contributed by atoms with Crippen LogP contribution in [-0.2, 0) is 4.79 Å². The second-order valence-corrected chi connectivity index (χ2v) is 5.88. The molecule has 0 radical (unpaired) electrons. The Morgan fingerprint density at radius 1 is 1.17 bits per heavy atom. The number of amides is 2. The summed E-state index contributed by atoms with van der Waals surface area (Å²) >= 11 is 0. The summed E-state index contributed by atoms with van der Waals surface area (Å²) in [4.78, 5) is 27.0. The first-order chi connectivity index (χ1) is 8.21. The molecule has 0 saturated carbocycles. The molecule has 1 saturated heterocycles. The number of hydrogen-bond acceptors (Lipinski definition) is 3. The maximum absolute atomic E-state index is 12.0. The zero-order valence-corrected chi connectivity index (χ0v) is 11.6. The predicted octanol–water partition coefficient (Wildman–Crippen LogP) is 0.443. The summed E-state index contributed by atoms with van der Waals surface area (Å²) in [5.74, 6) is -0.995. The minimum Gasteiger partial charge on any atom is -0.480 e. The van der Waals surface area contributed by atoms with Crippen LogP contribution in [0, 0.1) is 5.41 Å². The highest BCUT2D eigenvalue weighted by Crippen LogP contribution is 2.19. The van der Waals surface area contributed by atoms with Crippen molar-refractivity contribution in [3.63, 3.8) is 0 Å². The van der Waals surface area contributed by atoms with Gasteiger partial charge >= 0.3 is 12.0 Å². The maximum atomic E-state index is 12.0. The number of likely N-dealkylation sites (N-methyl/N-ethyl adjacent to an activating group) is 1. The third-order valence-electron chi connectivity index (χ3n) is 3.17. The fraction of sp³-hybridized carbons (Fsp3) is 0.833. The molecule has 6 heteroatoms. The molecule has 0 bridgehead atoms. The number of carbonyl (C=O) groups excluding carboxylic acids is 1. The average molecular weight is 257 g/mol. The summed E-state index contributed by atoms with van der Waals surface area (Å²) in [5.41, 5.74) is -0.506. The quantitative estimate of drug-likeness (QED) is 0.753. The van der Waals surface area contributed by atoms with Gasteiger partial charge in [-0.15, -0.1) is 0 Å². The lowest BCUT2D eigenvalue weighted by atomic mass is 9.87. The van der Waals surface area contributed by atoms with Crippen LogP contribution in [-0.4, -0.2) is 66.2 Å². The van der Waals surface area contributed by atoms with Gasteiger partial charge in [-0.1, -0.05) is 20.8 Å². The molecule has 0 aromatic rings. The number of carbonyl (C=O) groups is 2. The van der Waals surface area contributed by atoms with Gasteiger partial charge in [0, 0.05) is 26.2 Å². The Hall–Kier alpha value is -1.30. The van der Waals surface area contributed by atoms with Crippen molar-refractivity contribution in [3.8, 4) is 0 Å². The van der Waals surface area contributed by atoms with E-state index >= 15 is 0 Å². The molecule has 1 atom stereocenters. The first-order valence-corrected chi connectivity index (χ1v) is 6.18. The lowest BCUT2D eigenvalue weighted by Gasteiger charge is -2.35. The fourth-order valence-corrected chi connectivity index (χ4v) is 1.87. The molecule has 6 nitrogen and oxygen atoms in total. The zero-order valence-electron chi connectivity index (χ0n) is 11.6. The van der Waals surface area contributed by atoms with Crippen molar-refractivity contribution in [2.24, 2.45) is 5.41 Å². The molecular weight excluding hydrogens is 234 g/mol. The Morgan fingerprint density at radius 3 is 2.06 bits per heavy atom. The highest BCUT2D eigenvalue weighted by molar-refractivity contribution is 5.83. The first kappa shape index (κ1) is 14.8. The monoisotopic (exact) mass is 257 g/mol. The van der Waals surface area contributed by atoms with E-state index in [-0.39, 0.29) is 6.03 Å². The number of carboxylic acid groups (broad SMARTS) is 1. The first-order valence-electron chi connectivity index (χ1n) is 6.18. The van der Waals surface area contributed by atoms with E-state index in [2.05, 4.69) is 10.2 Å². The Kier molecular flexibility index (Phi) is 4.56. The standard InChI is InChI=1S/C12H23N3O3/c1-12(2,3)9(10(16)17)13-11(18)15-7-5-14(4)6-8-15/h9H,5-8H2,1-4H3,(H,13,18)(H,16,17)/t9-/m1/s1. The van der Waals surface area contributed by atoms with Crippen molar-refractivity contribution in [1.82, 2.24) is 15.1 Å². The van der Waals surface area contributed by atoms with Crippen molar-refractivity contribution in [1.29, 1.82) is 0 Å². The molecule has 104 valence electrons. The molecule has 1 aliphatic heterocycles. The molecule has 1 aliphatic rings. The summed E-state index contributed by atoms with van der Waals surface area (Å²) < 4.78 is 0. The number of aliphatic carboxylic acids is 1. The van der Waals surface area contributed by atoms with Crippen LogP contribution >= 0.6 is 0 Å². The van der Waals surface area contributed by atoms with E-state index in [0.29, 0.717) is 13.1 Å². The third-order valence-corrected chi connectivity index (χ3v) is 3.17. The molecular formula is C12H23N3O3. The topological polar surface area (TPSA) is 72.9 Å². The van der Waals surface area contributed by atoms with Crippen LogP contribution in [0.25, 0.3) is 0 Å². The van der Waals surface area contributed by atoms with E-state index in [0.717, 1.165) is 13.1 Å². The molecule has 1 rings (SSSR count). The second kappa shape index (κ2) is 5.56. The number of piperazine rings is 1. The van der Waals surface area contributed by atoms with E-state index in [1.807, 2.05) is 7.05 Å². The minimum atomic E-state index is -0.995. The van der Waals surface area contributed by atoms with Crippen LogP contribution in [0.5, 0.6) is 0 Å². The van der Waals surface area contributed by atoms with Crippen LogP contribution in [0.15, 0.2) is 0 Å². The normalized spacial score (nSPS) is 19.4. The SMILES string of the molecule is CN1CCN(C(=O)N[C@H](C(=O)O)C(C)(C)C)CC1. The number of urea groups is 1. The lowest BCUT2D eigenvalue weighted by molar-refractivity contribution is -0.142. The van der Waals surface area contributed by atoms with Crippen LogP contribution in [0.3, 0.4) is 0 Å². The van der Waals surface area contributed by atoms with Crippen LogP contribution < -0.4 is 5.32 Å². The molecule has 0 spiro atoms. The van der Waals surface area contributed by atoms with E-state index < -0.39 is 17.4 Å². The zero-order chi connectivity index (χ0) is 13.9. The van der Waals surface area contributed by atoms with Crippen molar-refractivity contribution < 1.29 is 14.7 Å². The van der Waals surface area contributed by atoms with Crippen molar-refractivity contribution in [3.05, 3.63) is 0 Å². The summed E-state index contributed by atoms with van der Waals surface area (Å²) in [6.07, 6.45) is 0. The molecule has 1 fully saturated rings. The lowest BCUT2D eigenvalue weighted by Crippen LogP contribution is -2.56. The molecule has 0 aliphatic carbocycles. The third kappa shape index (κ3) is 3.87. The molecule has 0 aromatic heterocycles. The molecule has 18 heavy (non-hydrogen) atoms. The molecule has 0 unspecified atom stereocenters. The number of nitrogens with one attached hydrogen (secondary N) is 1. The Bertz CT molecular complexity index is 317. The van der Waals surface area contributed by atoms with Gasteiger partial charge in [0.25, 0.3) is 0 Å². The highest BCUT2D eigenvalue weighted by atomic mass is 16.4. The van der Waals surface area contributed by atoms with E-state index in [9.17, 15) is 9.59 Å². The Labute approximate surface area is 108 Å². The van der Waals surface area contributed by atoms with Gasteiger partial charge in [0.15, 0.2) is 0 Å². The minimum absolute atomic E-state index is 0.287. The van der Waals surface area contributed by atoms with Crippen molar-refractivity contribution in [2.75, 3.05) is 33.2 Å². The van der Waals surface area contributed by atoms with Gasteiger partial charge in [0.2, 0.25) is 0 Å². The van der Waals surface area contributed by atoms with Crippen molar-refractivity contribution in [2.45, 2.75) is 26.8 Å². The van der Waals surface area contributed by atoms with Gasteiger partial charge in [0.1, 0.15) is 6.04 Å². The van der Waals surface area contributed by atoms with Crippen molar-refractivity contribution >= 4 is 12.0 Å². The highest BCUT2D eigenvalue weighted by Gasteiger charge is 2.34. The predicted molar refractivity (Wildman–Crippen MR) is 68.5 cm³/mol. The van der Waals surface area contributed by atoms with E-state index in [4.69, 9.17) is 5.11 Å². The van der Waals surface area contributed by atoms with Gasteiger partial charge in [-0.25, -0.2) is 9.59 Å². The maximum Gasteiger partial charge on any atom is 0.326 e. The Balaban J connectivity index is 2.59. The summed E-state index contributed by atoms with van der Waals surface area (Å²) in [5, 5.41) is 11.8. The number of rotatable bonds is 2. The second-order valence-electron chi connectivity index (χ2n) is 5.88. The van der Waals surface area contributed by atoms with Gasteiger partial charge in [-0.3, -0.25) is 0 Å². The Morgan fingerprint density at radius 2 is 1.67 bits per heavy atom. The number of nitrogens with zero attached hydrogens (tertiary/aromatic N) is 2. The van der Waals surface area contributed by atoms with Gasteiger partial charge in [0.05, 0.1) is 0 Å². The van der Waals surface area contributed by atoms with Crippen LogP contribution in [0.4, 0.5) is 4.79 Å². The summed E-state index contributed by atoms with van der Waals surface area (Å²) in [6.45, 7) is 8.32. The van der Waals surface area contributed by atoms with E-state index in [1.165, 1.54) is 0 Å². The average Bonchev–Trinajstić information content (AvgIpc) is 2.24. The van der Waals surface area contributed by atoms with E-state index in [1.54, 1.807) is 25.7 Å². The molecule has 2 amide bonds. The van der Waals surface area contributed by atoms with Gasteiger partial charge in [-0.05, 0) is 12.5 Å². The van der Waals surface area contributed by atoms with Crippen LogP contribution in [0.1, 0.15) is 20.8 Å². The molecule has 2 N–H and O–H groups in total. The van der Waals surface area contributed by atoms with Gasteiger partial charge < -0.3 is 20.2 Å². The summed E-state index contributed by atoms with van der Waals surface area (Å²) in [6, 6.07) is -1.16. The fourth-order valence-electron chi connectivity index (χ4n) is 1.87. The van der Waals surface area contributed by atoms with Crippen LogP contribution in [0.2, 0.25) is 0 Å². The number of hydrogen-bond donors (Lipinski definition) is 2. The van der Waals surface area contributed by atoms with Gasteiger partial charge in [-0.2, -0.15) is 0 Å². The summed E-state index contributed by atoms with van der Waals surface area (Å²) in [7, 11) is 2.00. The number of carboxylic acids is 1. The smallest absolute Gasteiger partial charge is 0.326 e. The molecule has 0 aromatic carbocycles.